The fourth-order valence-corrected chi connectivity index (χ4v) is 3.94. The number of carbonyl (C=O) groups excluding carboxylic acids is 2. The molecule has 0 saturated carbocycles. The van der Waals surface area contributed by atoms with Gasteiger partial charge in [0.05, 0.1) is 5.75 Å². The van der Waals surface area contributed by atoms with Crippen molar-refractivity contribution in [2.45, 2.75) is 24.9 Å². The molecule has 1 aromatic heterocycles. The van der Waals surface area contributed by atoms with Crippen molar-refractivity contribution < 1.29 is 9.59 Å². The molecule has 2 aromatic rings. The molecule has 0 aliphatic carbocycles. The highest BCUT2D eigenvalue weighted by Crippen LogP contribution is 2.25. The van der Waals surface area contributed by atoms with E-state index in [1.807, 2.05) is 42.8 Å². The van der Waals surface area contributed by atoms with Gasteiger partial charge >= 0.3 is 0 Å². The number of rotatable bonds is 5. The quantitative estimate of drug-likeness (QED) is 0.804. The van der Waals surface area contributed by atoms with Crippen LogP contribution in [0, 0.1) is 12.8 Å². The molecule has 0 spiro atoms. The van der Waals surface area contributed by atoms with Crippen molar-refractivity contribution in [3.8, 4) is 11.4 Å². The Morgan fingerprint density at radius 2 is 1.92 bits per heavy atom. The molecular formula is C18H23N5O2S. The summed E-state index contributed by atoms with van der Waals surface area (Å²) in [4.78, 5) is 25.4. The number of piperidine rings is 1. The Bertz CT molecular complexity index is 812. The maximum atomic E-state index is 12.4. The summed E-state index contributed by atoms with van der Waals surface area (Å²) in [5.41, 5.74) is 7.51. The number of primary amides is 1. The molecule has 8 heteroatoms. The van der Waals surface area contributed by atoms with Crippen LogP contribution in [0.4, 0.5) is 0 Å². The van der Waals surface area contributed by atoms with Crippen LogP contribution in [-0.2, 0) is 16.6 Å². The van der Waals surface area contributed by atoms with Crippen molar-refractivity contribution in [3.63, 3.8) is 0 Å². The first kappa shape index (κ1) is 18.4. The van der Waals surface area contributed by atoms with Gasteiger partial charge in [0, 0.05) is 31.6 Å². The van der Waals surface area contributed by atoms with Crippen LogP contribution in [0.15, 0.2) is 29.4 Å². The van der Waals surface area contributed by atoms with Crippen molar-refractivity contribution in [1.29, 1.82) is 0 Å². The Morgan fingerprint density at radius 3 is 2.58 bits per heavy atom. The SMILES string of the molecule is Cc1ccccc1-c1nnc(SCC(=O)N2CCC(C(N)=O)CC2)n1C. The summed E-state index contributed by atoms with van der Waals surface area (Å²) in [6.45, 7) is 3.20. The second-order valence-corrected chi connectivity index (χ2v) is 7.47. The summed E-state index contributed by atoms with van der Waals surface area (Å²) in [7, 11) is 1.91. The highest BCUT2D eigenvalue weighted by Gasteiger charge is 2.26. The van der Waals surface area contributed by atoms with Crippen molar-refractivity contribution in [3.05, 3.63) is 29.8 Å². The van der Waals surface area contributed by atoms with Crippen molar-refractivity contribution in [1.82, 2.24) is 19.7 Å². The molecule has 0 radical (unpaired) electrons. The third-order valence-corrected chi connectivity index (χ3v) is 5.80. The lowest BCUT2D eigenvalue weighted by atomic mass is 9.96. The zero-order valence-corrected chi connectivity index (χ0v) is 15.8. The number of thioether (sulfide) groups is 1. The van der Waals surface area contributed by atoms with E-state index in [-0.39, 0.29) is 17.7 Å². The maximum Gasteiger partial charge on any atom is 0.233 e. The van der Waals surface area contributed by atoms with Crippen LogP contribution in [0.5, 0.6) is 0 Å². The minimum Gasteiger partial charge on any atom is -0.369 e. The van der Waals surface area contributed by atoms with Gasteiger partial charge in [0.15, 0.2) is 11.0 Å². The monoisotopic (exact) mass is 373 g/mol. The molecule has 0 unspecified atom stereocenters. The normalized spacial score (nSPS) is 15.2. The average molecular weight is 373 g/mol. The molecule has 26 heavy (non-hydrogen) atoms. The van der Waals surface area contributed by atoms with Crippen LogP contribution < -0.4 is 5.73 Å². The van der Waals surface area contributed by atoms with E-state index in [1.165, 1.54) is 11.8 Å². The molecule has 7 nitrogen and oxygen atoms in total. The Kier molecular flexibility index (Phi) is 5.61. The zero-order chi connectivity index (χ0) is 18.7. The van der Waals surface area contributed by atoms with Crippen LogP contribution >= 0.6 is 11.8 Å². The van der Waals surface area contributed by atoms with Gasteiger partial charge in [-0.3, -0.25) is 9.59 Å². The lowest BCUT2D eigenvalue weighted by molar-refractivity contribution is -0.132. The molecule has 0 atom stereocenters. The second-order valence-electron chi connectivity index (χ2n) is 6.53. The molecular weight excluding hydrogens is 350 g/mol. The van der Waals surface area contributed by atoms with Gasteiger partial charge in [0.25, 0.3) is 0 Å². The van der Waals surface area contributed by atoms with E-state index < -0.39 is 0 Å². The molecule has 138 valence electrons. The van der Waals surface area contributed by atoms with Crippen molar-refractivity contribution in [2.24, 2.45) is 18.7 Å². The first-order chi connectivity index (χ1) is 12.5. The van der Waals surface area contributed by atoms with E-state index in [1.54, 1.807) is 4.90 Å². The standard InChI is InChI=1S/C18H23N5O2S/c1-12-5-3-4-6-14(12)17-20-21-18(22(17)2)26-11-15(24)23-9-7-13(8-10-23)16(19)25/h3-6,13H,7-11H2,1-2H3,(H2,19,25). The fourth-order valence-electron chi connectivity index (χ4n) is 3.13. The van der Waals surface area contributed by atoms with Crippen LogP contribution in [0.25, 0.3) is 11.4 Å². The van der Waals surface area contributed by atoms with Gasteiger partial charge in [0.1, 0.15) is 0 Å². The highest BCUT2D eigenvalue weighted by molar-refractivity contribution is 7.99. The van der Waals surface area contributed by atoms with E-state index in [9.17, 15) is 9.59 Å². The molecule has 1 aromatic carbocycles. The number of carbonyl (C=O) groups is 2. The predicted molar refractivity (Wildman–Crippen MR) is 100 cm³/mol. The van der Waals surface area contributed by atoms with E-state index >= 15 is 0 Å². The number of benzene rings is 1. The van der Waals surface area contributed by atoms with Gasteiger partial charge < -0.3 is 15.2 Å². The van der Waals surface area contributed by atoms with Gasteiger partial charge in [-0.2, -0.15) is 0 Å². The molecule has 2 amide bonds. The number of nitrogens with two attached hydrogens (primary N) is 1. The number of aryl methyl sites for hydroxylation is 1. The summed E-state index contributed by atoms with van der Waals surface area (Å²) in [6, 6.07) is 8.02. The van der Waals surface area contributed by atoms with Crippen molar-refractivity contribution >= 4 is 23.6 Å². The number of amides is 2. The first-order valence-corrected chi connectivity index (χ1v) is 9.61. The molecule has 2 heterocycles. The molecule has 0 bridgehead atoms. The van der Waals surface area contributed by atoms with E-state index in [0.29, 0.717) is 36.8 Å². The third kappa shape index (κ3) is 3.90. The Morgan fingerprint density at radius 1 is 1.23 bits per heavy atom. The number of nitrogens with zero attached hydrogens (tertiary/aromatic N) is 4. The van der Waals surface area contributed by atoms with Gasteiger partial charge in [-0.15, -0.1) is 10.2 Å². The van der Waals surface area contributed by atoms with E-state index in [0.717, 1.165) is 17.0 Å². The second kappa shape index (κ2) is 7.90. The summed E-state index contributed by atoms with van der Waals surface area (Å²) in [6.07, 6.45) is 1.29. The van der Waals surface area contributed by atoms with Crippen LogP contribution in [0.2, 0.25) is 0 Å². The molecule has 1 aliphatic rings. The Hall–Kier alpha value is -2.35. The summed E-state index contributed by atoms with van der Waals surface area (Å²) < 4.78 is 1.92. The first-order valence-electron chi connectivity index (χ1n) is 8.62. The number of aromatic nitrogens is 3. The minimum atomic E-state index is -0.269. The zero-order valence-electron chi connectivity index (χ0n) is 15.0. The maximum absolute atomic E-state index is 12.4. The predicted octanol–water partition coefficient (Wildman–Crippen LogP) is 1.61. The molecule has 1 aliphatic heterocycles. The fraction of sp³-hybridized carbons (Fsp3) is 0.444. The van der Waals surface area contributed by atoms with Crippen LogP contribution in [0.3, 0.4) is 0 Å². The lowest BCUT2D eigenvalue weighted by Crippen LogP contribution is -2.42. The van der Waals surface area contributed by atoms with E-state index in [2.05, 4.69) is 10.2 Å². The summed E-state index contributed by atoms with van der Waals surface area (Å²) in [5.74, 6) is 0.774. The Labute approximate surface area is 157 Å². The lowest BCUT2D eigenvalue weighted by Gasteiger charge is -2.30. The molecule has 1 fully saturated rings. The third-order valence-electron chi connectivity index (χ3n) is 4.80. The largest absolute Gasteiger partial charge is 0.369 e. The molecule has 3 rings (SSSR count). The number of hydrogen-bond acceptors (Lipinski definition) is 5. The van der Waals surface area contributed by atoms with E-state index in [4.69, 9.17) is 5.73 Å². The number of hydrogen-bond donors (Lipinski definition) is 1. The Balaban J connectivity index is 1.60. The average Bonchev–Trinajstić information content (AvgIpc) is 3.00. The minimum absolute atomic E-state index is 0.0540. The van der Waals surface area contributed by atoms with Gasteiger partial charge in [-0.05, 0) is 25.3 Å². The van der Waals surface area contributed by atoms with Gasteiger partial charge in [-0.1, -0.05) is 36.0 Å². The number of likely N-dealkylation sites (tertiary alicyclic amines) is 1. The van der Waals surface area contributed by atoms with Crippen LogP contribution in [-0.4, -0.2) is 50.3 Å². The van der Waals surface area contributed by atoms with Gasteiger partial charge in [-0.25, -0.2) is 0 Å². The molecule has 1 saturated heterocycles. The molecule has 2 N–H and O–H groups in total. The highest BCUT2D eigenvalue weighted by atomic mass is 32.2. The van der Waals surface area contributed by atoms with Crippen molar-refractivity contribution in [2.75, 3.05) is 18.8 Å². The van der Waals surface area contributed by atoms with Crippen LogP contribution in [0.1, 0.15) is 18.4 Å². The topological polar surface area (TPSA) is 94.1 Å². The van der Waals surface area contributed by atoms with Gasteiger partial charge in [0.2, 0.25) is 11.8 Å². The summed E-state index contributed by atoms with van der Waals surface area (Å²) in [5, 5.41) is 9.22. The smallest absolute Gasteiger partial charge is 0.233 e. The summed E-state index contributed by atoms with van der Waals surface area (Å²) >= 11 is 1.38.